The number of methoxy groups -OCH3 is 2. The molecule has 0 bridgehead atoms. The molecule has 150 valence electrons. The van der Waals surface area contributed by atoms with Gasteiger partial charge in [0.15, 0.2) is 5.41 Å². The standard InChI is InChI=1S/C23H23NO5/c1-5-15-13-22(20(25)27-3,21(26)28-4)19(18-11-8-12-29-18)23(15)14(2)24-17-10-7-6-9-16(17)23/h5-12,15,19H,1,13H2,2-4H3/t15-,19+,23+/m0/s1. The Bertz CT molecular complexity index is 990. The lowest BCUT2D eigenvalue weighted by Gasteiger charge is -2.39. The van der Waals surface area contributed by atoms with Gasteiger partial charge in [0.05, 0.1) is 37.5 Å². The van der Waals surface area contributed by atoms with Crippen molar-refractivity contribution in [2.45, 2.75) is 24.7 Å². The summed E-state index contributed by atoms with van der Waals surface area (Å²) < 4.78 is 16.1. The Morgan fingerprint density at radius 1 is 1.17 bits per heavy atom. The first-order chi connectivity index (χ1) is 14.0. The lowest BCUT2D eigenvalue weighted by molar-refractivity contribution is -0.170. The fraction of sp³-hybridized carbons (Fsp3) is 0.348. The first kappa shape index (κ1) is 19.2. The van der Waals surface area contributed by atoms with E-state index in [2.05, 4.69) is 6.58 Å². The normalized spacial score (nSPS) is 26.7. The van der Waals surface area contributed by atoms with E-state index in [4.69, 9.17) is 18.9 Å². The highest BCUT2D eigenvalue weighted by atomic mass is 16.5. The number of allylic oxidation sites excluding steroid dienone is 1. The Hall–Kier alpha value is -3.15. The predicted molar refractivity (Wildman–Crippen MR) is 107 cm³/mol. The SMILES string of the molecule is C=C[C@H]1CC(C(=O)OC)(C(=O)OC)[C@@H](c2ccco2)[C@]12C(C)=Nc1ccccc12. The molecule has 6 heteroatoms. The van der Waals surface area contributed by atoms with Gasteiger partial charge in [0.25, 0.3) is 0 Å². The topological polar surface area (TPSA) is 78.1 Å². The first-order valence-corrected chi connectivity index (χ1v) is 9.46. The van der Waals surface area contributed by atoms with E-state index in [1.165, 1.54) is 20.5 Å². The Morgan fingerprint density at radius 2 is 1.86 bits per heavy atom. The summed E-state index contributed by atoms with van der Waals surface area (Å²) >= 11 is 0. The van der Waals surface area contributed by atoms with E-state index in [1.54, 1.807) is 18.2 Å². The van der Waals surface area contributed by atoms with Gasteiger partial charge in [0.2, 0.25) is 0 Å². The maximum atomic E-state index is 13.2. The third-order valence-electron chi connectivity index (χ3n) is 6.52. The molecule has 1 aliphatic carbocycles. The van der Waals surface area contributed by atoms with Crippen LogP contribution in [0.25, 0.3) is 0 Å². The monoisotopic (exact) mass is 393 g/mol. The number of carbonyl (C=O) groups excluding carboxylic acids is 2. The average molecular weight is 393 g/mol. The minimum atomic E-state index is -1.59. The molecule has 1 aliphatic heterocycles. The van der Waals surface area contributed by atoms with Gasteiger partial charge in [-0.2, -0.15) is 0 Å². The van der Waals surface area contributed by atoms with Crippen molar-refractivity contribution in [3.63, 3.8) is 0 Å². The highest BCUT2D eigenvalue weighted by Crippen LogP contribution is 2.67. The summed E-state index contributed by atoms with van der Waals surface area (Å²) in [5.74, 6) is -1.74. The van der Waals surface area contributed by atoms with E-state index in [0.29, 0.717) is 5.76 Å². The zero-order valence-electron chi connectivity index (χ0n) is 16.7. The van der Waals surface area contributed by atoms with E-state index < -0.39 is 28.7 Å². The number of aliphatic imine (C=N–C) groups is 1. The molecule has 1 spiro atoms. The smallest absolute Gasteiger partial charge is 0.324 e. The molecule has 2 aliphatic rings. The van der Waals surface area contributed by atoms with Gasteiger partial charge in [-0.3, -0.25) is 14.6 Å². The summed E-state index contributed by atoms with van der Waals surface area (Å²) in [6.45, 7) is 5.96. The van der Waals surface area contributed by atoms with Gasteiger partial charge in [0.1, 0.15) is 5.76 Å². The van der Waals surface area contributed by atoms with Crippen LogP contribution in [0.5, 0.6) is 0 Å². The Balaban J connectivity index is 2.11. The maximum absolute atomic E-state index is 13.2. The molecule has 0 saturated heterocycles. The summed E-state index contributed by atoms with van der Waals surface area (Å²) in [7, 11) is 2.56. The second kappa shape index (κ2) is 6.72. The van der Waals surface area contributed by atoms with Gasteiger partial charge in [0, 0.05) is 5.71 Å². The van der Waals surface area contributed by atoms with Crippen molar-refractivity contribution >= 4 is 23.3 Å². The molecule has 3 atom stereocenters. The lowest BCUT2D eigenvalue weighted by atomic mass is 9.61. The zero-order valence-corrected chi connectivity index (χ0v) is 16.7. The summed E-state index contributed by atoms with van der Waals surface area (Å²) in [6.07, 6.45) is 3.52. The first-order valence-electron chi connectivity index (χ1n) is 9.46. The van der Waals surface area contributed by atoms with Crippen LogP contribution in [0, 0.1) is 11.3 Å². The van der Waals surface area contributed by atoms with Crippen molar-refractivity contribution in [3.8, 4) is 0 Å². The van der Waals surface area contributed by atoms with Crippen LogP contribution in [0.15, 0.2) is 64.7 Å². The molecule has 0 radical (unpaired) electrons. The zero-order chi connectivity index (χ0) is 20.8. The van der Waals surface area contributed by atoms with Crippen molar-refractivity contribution in [1.29, 1.82) is 0 Å². The number of esters is 2. The van der Waals surface area contributed by atoms with Crippen LogP contribution in [-0.2, 0) is 24.5 Å². The number of rotatable bonds is 4. The fourth-order valence-electron chi connectivity index (χ4n) is 5.49. The molecule has 0 amide bonds. The number of ether oxygens (including phenoxy) is 2. The van der Waals surface area contributed by atoms with Crippen molar-refractivity contribution < 1.29 is 23.5 Å². The molecule has 1 aromatic carbocycles. The van der Waals surface area contributed by atoms with Crippen LogP contribution in [-0.4, -0.2) is 31.9 Å². The van der Waals surface area contributed by atoms with E-state index >= 15 is 0 Å². The number of carbonyl (C=O) groups is 2. The van der Waals surface area contributed by atoms with Crippen LogP contribution in [0.4, 0.5) is 5.69 Å². The predicted octanol–water partition coefficient (Wildman–Crippen LogP) is 3.95. The van der Waals surface area contributed by atoms with Gasteiger partial charge in [-0.1, -0.05) is 24.3 Å². The molecule has 1 saturated carbocycles. The fourth-order valence-corrected chi connectivity index (χ4v) is 5.49. The quantitative estimate of drug-likeness (QED) is 0.447. The van der Waals surface area contributed by atoms with E-state index in [9.17, 15) is 9.59 Å². The number of para-hydroxylation sites is 1. The second-order valence-corrected chi connectivity index (χ2v) is 7.53. The van der Waals surface area contributed by atoms with Gasteiger partial charge in [-0.05, 0) is 43.0 Å². The van der Waals surface area contributed by atoms with Crippen molar-refractivity contribution in [2.75, 3.05) is 14.2 Å². The third-order valence-corrected chi connectivity index (χ3v) is 6.52. The second-order valence-electron chi connectivity index (χ2n) is 7.53. The molecule has 1 aromatic heterocycles. The highest BCUT2D eigenvalue weighted by molar-refractivity contribution is 6.08. The Morgan fingerprint density at radius 3 is 2.45 bits per heavy atom. The number of furan rings is 1. The van der Waals surface area contributed by atoms with Crippen molar-refractivity contribution in [1.82, 2.24) is 0 Å². The summed E-state index contributed by atoms with van der Waals surface area (Å²) in [5, 5.41) is 0. The Labute approximate surface area is 169 Å². The summed E-state index contributed by atoms with van der Waals surface area (Å²) in [6, 6.07) is 11.3. The molecule has 0 N–H and O–H groups in total. The molecule has 4 rings (SSSR count). The largest absolute Gasteiger partial charge is 0.469 e. The van der Waals surface area contributed by atoms with Crippen molar-refractivity contribution in [2.24, 2.45) is 16.3 Å². The molecule has 29 heavy (non-hydrogen) atoms. The van der Waals surface area contributed by atoms with Gasteiger partial charge >= 0.3 is 11.9 Å². The number of hydrogen-bond donors (Lipinski definition) is 0. The third kappa shape index (κ3) is 2.26. The van der Waals surface area contributed by atoms with Crippen LogP contribution < -0.4 is 0 Å². The Kier molecular flexibility index (Phi) is 4.45. The van der Waals surface area contributed by atoms with Gasteiger partial charge < -0.3 is 13.9 Å². The summed E-state index contributed by atoms with van der Waals surface area (Å²) in [5.41, 5.74) is 0.199. The van der Waals surface area contributed by atoms with Crippen LogP contribution in [0.1, 0.15) is 30.6 Å². The van der Waals surface area contributed by atoms with Crippen LogP contribution in [0.2, 0.25) is 0 Å². The molecular formula is C23H23NO5. The minimum Gasteiger partial charge on any atom is -0.469 e. The molecule has 2 heterocycles. The lowest BCUT2D eigenvalue weighted by Crippen LogP contribution is -2.49. The number of hydrogen-bond acceptors (Lipinski definition) is 6. The van der Waals surface area contributed by atoms with Crippen LogP contribution in [0.3, 0.4) is 0 Å². The molecule has 0 unspecified atom stereocenters. The number of nitrogens with zero attached hydrogens (tertiary/aromatic N) is 1. The van der Waals surface area contributed by atoms with Gasteiger partial charge in [-0.15, -0.1) is 6.58 Å². The average Bonchev–Trinajstić information content (AvgIpc) is 3.44. The highest BCUT2D eigenvalue weighted by Gasteiger charge is 2.73. The van der Waals surface area contributed by atoms with E-state index in [-0.39, 0.29) is 12.3 Å². The number of fused-ring (bicyclic) bond motifs is 2. The van der Waals surface area contributed by atoms with Crippen LogP contribution >= 0.6 is 0 Å². The van der Waals surface area contributed by atoms with E-state index in [0.717, 1.165) is 17.0 Å². The molecule has 2 aromatic rings. The molecular weight excluding hydrogens is 370 g/mol. The van der Waals surface area contributed by atoms with Gasteiger partial charge in [-0.25, -0.2) is 0 Å². The molecule has 1 fully saturated rings. The minimum absolute atomic E-state index is 0.183. The maximum Gasteiger partial charge on any atom is 0.324 e. The van der Waals surface area contributed by atoms with E-state index in [1.807, 2.05) is 31.2 Å². The number of benzene rings is 1. The molecule has 6 nitrogen and oxygen atoms in total. The summed E-state index contributed by atoms with van der Waals surface area (Å²) in [4.78, 5) is 31.3. The van der Waals surface area contributed by atoms with Crippen molar-refractivity contribution in [3.05, 3.63) is 66.6 Å².